The normalized spacial score (nSPS) is 21.0. The van der Waals surface area contributed by atoms with Crippen LogP contribution in [-0.4, -0.2) is 47.7 Å². The summed E-state index contributed by atoms with van der Waals surface area (Å²) in [5.41, 5.74) is -0.564. The van der Waals surface area contributed by atoms with E-state index in [4.69, 9.17) is 4.74 Å². The van der Waals surface area contributed by atoms with Crippen molar-refractivity contribution in [1.82, 2.24) is 10.2 Å². The van der Waals surface area contributed by atoms with Crippen molar-refractivity contribution in [2.45, 2.75) is 38.6 Å². The summed E-state index contributed by atoms with van der Waals surface area (Å²) in [5, 5.41) is 12.2. The molecule has 1 aromatic rings. The number of hydrogen-bond acceptors (Lipinski definition) is 3. The third-order valence-electron chi connectivity index (χ3n) is 4.93. The quantitative estimate of drug-likeness (QED) is 0.757. The Hall–Kier alpha value is -2.83. The fourth-order valence-electron chi connectivity index (χ4n) is 3.13. The molecule has 7 heteroatoms. The van der Waals surface area contributed by atoms with E-state index in [1.54, 1.807) is 44.3 Å². The molecular weight excluding hydrogens is 375 g/mol. The van der Waals surface area contributed by atoms with Crippen LogP contribution in [0.25, 0.3) is 0 Å². The standard InChI is InChI=1S/C22H29FN2O4/c1-21(2,3)17-14-15(23)9-10-18(17)29-13-12-25(5)20(28)24-22(4)11-7-6-8-16(22)19(26)27/h6-11,14,16H,12-13H2,1-5H3,(H,24,28)(H,26,27). The molecule has 2 rings (SSSR count). The number of amides is 2. The highest BCUT2D eigenvalue weighted by molar-refractivity contribution is 5.80. The van der Waals surface area contributed by atoms with Crippen molar-refractivity contribution < 1.29 is 23.8 Å². The van der Waals surface area contributed by atoms with Crippen molar-refractivity contribution in [2.24, 2.45) is 5.92 Å². The Morgan fingerprint density at radius 2 is 2.00 bits per heavy atom. The van der Waals surface area contributed by atoms with E-state index in [2.05, 4.69) is 5.32 Å². The Kier molecular flexibility index (Phi) is 6.72. The molecule has 2 unspecified atom stereocenters. The fourth-order valence-corrected chi connectivity index (χ4v) is 3.13. The maximum atomic E-state index is 13.6. The average Bonchev–Trinajstić information content (AvgIpc) is 2.61. The highest BCUT2D eigenvalue weighted by Gasteiger charge is 2.38. The van der Waals surface area contributed by atoms with Gasteiger partial charge in [-0.05, 0) is 30.5 Å². The molecule has 29 heavy (non-hydrogen) atoms. The highest BCUT2D eigenvalue weighted by atomic mass is 19.1. The van der Waals surface area contributed by atoms with Crippen molar-refractivity contribution in [2.75, 3.05) is 20.2 Å². The highest BCUT2D eigenvalue weighted by Crippen LogP contribution is 2.32. The van der Waals surface area contributed by atoms with Gasteiger partial charge in [0.25, 0.3) is 0 Å². The van der Waals surface area contributed by atoms with Gasteiger partial charge in [-0.1, -0.05) is 45.1 Å². The zero-order chi connectivity index (χ0) is 21.8. The van der Waals surface area contributed by atoms with Gasteiger partial charge in [-0.25, -0.2) is 9.18 Å². The van der Waals surface area contributed by atoms with Crippen LogP contribution in [-0.2, 0) is 10.2 Å². The van der Waals surface area contributed by atoms with Gasteiger partial charge in [-0.15, -0.1) is 0 Å². The first-order chi connectivity index (χ1) is 13.4. The summed E-state index contributed by atoms with van der Waals surface area (Å²) in [6.07, 6.45) is 6.58. The van der Waals surface area contributed by atoms with E-state index in [1.807, 2.05) is 20.8 Å². The summed E-state index contributed by atoms with van der Waals surface area (Å²) in [4.78, 5) is 25.5. The second-order valence-corrected chi connectivity index (χ2v) is 8.43. The first kappa shape index (κ1) is 22.5. The lowest BCUT2D eigenvalue weighted by Crippen LogP contribution is -2.56. The number of hydrogen-bond donors (Lipinski definition) is 2. The summed E-state index contributed by atoms with van der Waals surface area (Å²) < 4.78 is 19.4. The molecule has 1 aromatic carbocycles. The minimum atomic E-state index is -1.02. The monoisotopic (exact) mass is 404 g/mol. The minimum absolute atomic E-state index is 0.216. The van der Waals surface area contributed by atoms with Crippen molar-refractivity contribution in [3.63, 3.8) is 0 Å². The Morgan fingerprint density at radius 3 is 2.62 bits per heavy atom. The Balaban J connectivity index is 1.97. The van der Waals surface area contributed by atoms with Gasteiger partial charge >= 0.3 is 12.0 Å². The molecule has 0 aromatic heterocycles. The predicted molar refractivity (Wildman–Crippen MR) is 110 cm³/mol. The molecule has 2 amide bonds. The Labute approximate surface area is 171 Å². The summed E-state index contributed by atoms with van der Waals surface area (Å²) in [5.74, 6) is -1.61. The first-order valence-electron chi connectivity index (χ1n) is 9.49. The van der Waals surface area contributed by atoms with Gasteiger partial charge < -0.3 is 20.1 Å². The number of carboxylic acid groups (broad SMARTS) is 1. The van der Waals surface area contributed by atoms with Gasteiger partial charge in [0.05, 0.1) is 12.1 Å². The molecule has 0 saturated heterocycles. The molecule has 6 nitrogen and oxygen atoms in total. The minimum Gasteiger partial charge on any atom is -0.491 e. The van der Waals surface area contributed by atoms with E-state index in [1.165, 1.54) is 17.0 Å². The number of carbonyl (C=O) groups is 2. The van der Waals surface area contributed by atoms with Crippen LogP contribution < -0.4 is 10.1 Å². The molecule has 2 atom stereocenters. The second kappa shape index (κ2) is 8.68. The SMILES string of the molecule is CN(CCOc1ccc(F)cc1C(C)(C)C)C(=O)NC1(C)C=CC=CC1C(=O)O. The molecule has 0 aliphatic heterocycles. The number of benzene rings is 1. The number of urea groups is 1. The summed E-state index contributed by atoms with van der Waals surface area (Å²) in [6, 6.07) is 3.99. The third-order valence-corrected chi connectivity index (χ3v) is 4.93. The van der Waals surface area contributed by atoms with E-state index < -0.39 is 23.5 Å². The molecule has 1 aliphatic carbocycles. The number of carbonyl (C=O) groups excluding carboxylic acids is 1. The third kappa shape index (κ3) is 5.59. The number of ether oxygens (including phenoxy) is 1. The van der Waals surface area contributed by atoms with Crippen LogP contribution in [0.5, 0.6) is 5.75 Å². The van der Waals surface area contributed by atoms with Crippen LogP contribution in [0.4, 0.5) is 9.18 Å². The van der Waals surface area contributed by atoms with E-state index in [-0.39, 0.29) is 24.4 Å². The number of allylic oxidation sites excluding steroid dienone is 2. The number of carboxylic acids is 1. The van der Waals surface area contributed by atoms with E-state index in [0.29, 0.717) is 5.75 Å². The van der Waals surface area contributed by atoms with Crippen LogP contribution in [0.1, 0.15) is 33.3 Å². The zero-order valence-corrected chi connectivity index (χ0v) is 17.5. The van der Waals surface area contributed by atoms with E-state index >= 15 is 0 Å². The average molecular weight is 404 g/mol. The molecule has 0 heterocycles. The zero-order valence-electron chi connectivity index (χ0n) is 17.5. The van der Waals surface area contributed by atoms with Crippen molar-refractivity contribution in [3.8, 4) is 5.75 Å². The molecule has 0 spiro atoms. The number of nitrogens with one attached hydrogen (secondary N) is 1. The maximum Gasteiger partial charge on any atom is 0.317 e. The predicted octanol–water partition coefficient (Wildman–Crippen LogP) is 3.73. The molecule has 0 saturated carbocycles. The van der Waals surface area contributed by atoms with Gasteiger partial charge in [0.1, 0.15) is 24.1 Å². The lowest BCUT2D eigenvalue weighted by atomic mass is 9.82. The molecule has 1 aliphatic rings. The smallest absolute Gasteiger partial charge is 0.317 e. The largest absolute Gasteiger partial charge is 0.491 e. The lowest BCUT2D eigenvalue weighted by molar-refractivity contribution is -0.141. The number of rotatable bonds is 6. The van der Waals surface area contributed by atoms with Crippen LogP contribution in [0.2, 0.25) is 0 Å². The Bertz CT molecular complexity index is 829. The van der Waals surface area contributed by atoms with E-state index in [0.717, 1.165) is 5.56 Å². The topological polar surface area (TPSA) is 78.9 Å². The lowest BCUT2D eigenvalue weighted by Gasteiger charge is -2.35. The van der Waals surface area contributed by atoms with Gasteiger partial charge in [0.15, 0.2) is 0 Å². The number of nitrogens with zero attached hydrogens (tertiary/aromatic N) is 1. The second-order valence-electron chi connectivity index (χ2n) is 8.43. The molecule has 2 N–H and O–H groups in total. The molecule has 158 valence electrons. The Morgan fingerprint density at radius 1 is 1.31 bits per heavy atom. The molecular formula is C22H29FN2O4. The number of halogens is 1. The van der Waals surface area contributed by atoms with Crippen LogP contribution >= 0.6 is 0 Å². The van der Waals surface area contributed by atoms with Gasteiger partial charge in [0, 0.05) is 12.6 Å². The maximum absolute atomic E-state index is 13.6. The molecule has 0 fully saturated rings. The first-order valence-corrected chi connectivity index (χ1v) is 9.49. The molecule has 0 bridgehead atoms. The fraction of sp³-hybridized carbons (Fsp3) is 0.455. The number of aliphatic carboxylic acids is 1. The van der Waals surface area contributed by atoms with Gasteiger partial charge in [0.2, 0.25) is 0 Å². The van der Waals surface area contributed by atoms with Crippen molar-refractivity contribution in [1.29, 1.82) is 0 Å². The van der Waals surface area contributed by atoms with E-state index in [9.17, 15) is 19.1 Å². The van der Waals surface area contributed by atoms with Gasteiger partial charge in [-0.2, -0.15) is 0 Å². The van der Waals surface area contributed by atoms with Crippen LogP contribution in [0, 0.1) is 11.7 Å². The summed E-state index contributed by atoms with van der Waals surface area (Å²) in [7, 11) is 1.61. The van der Waals surface area contributed by atoms with Crippen LogP contribution in [0.15, 0.2) is 42.5 Å². The van der Waals surface area contributed by atoms with Crippen molar-refractivity contribution >= 4 is 12.0 Å². The molecule has 0 radical (unpaired) electrons. The summed E-state index contributed by atoms with van der Waals surface area (Å²) >= 11 is 0. The van der Waals surface area contributed by atoms with Gasteiger partial charge in [-0.3, -0.25) is 4.79 Å². The summed E-state index contributed by atoms with van der Waals surface area (Å²) in [6.45, 7) is 8.08. The number of likely N-dealkylation sites (N-methyl/N-ethyl adjacent to an activating group) is 1. The van der Waals surface area contributed by atoms with Crippen molar-refractivity contribution in [3.05, 3.63) is 53.9 Å². The van der Waals surface area contributed by atoms with Crippen LogP contribution in [0.3, 0.4) is 0 Å².